The van der Waals surface area contributed by atoms with E-state index in [1.54, 1.807) is 6.07 Å². The lowest BCUT2D eigenvalue weighted by atomic mass is 10.2. The highest BCUT2D eigenvalue weighted by Crippen LogP contribution is 2.18. The minimum atomic E-state index is -1.27. The Hall–Kier alpha value is -1.20. The van der Waals surface area contributed by atoms with Crippen molar-refractivity contribution >= 4 is 32.4 Å². The van der Waals surface area contributed by atoms with Crippen molar-refractivity contribution in [3.63, 3.8) is 0 Å². The molecule has 0 spiro atoms. The fraction of sp³-hybridized carbons (Fsp3) is 0.0769. The third kappa shape index (κ3) is 3.17. The standard InChI is InChI=1S/C13H11BrFNOS/c14-10-3-1-9(2-4-10)8-18(17)11-5-6-13(16)12(15)7-11/h1-7H,8,16H2. The maximum Gasteiger partial charge on any atom is 0.147 e. The zero-order chi connectivity index (χ0) is 13.1. The molecule has 0 aliphatic rings. The lowest BCUT2D eigenvalue weighted by Gasteiger charge is -2.04. The average molecular weight is 328 g/mol. The molecule has 0 heterocycles. The van der Waals surface area contributed by atoms with Crippen LogP contribution in [-0.2, 0) is 16.6 Å². The van der Waals surface area contributed by atoms with Crippen molar-refractivity contribution in [3.8, 4) is 0 Å². The van der Waals surface area contributed by atoms with Gasteiger partial charge in [0, 0.05) is 9.37 Å². The van der Waals surface area contributed by atoms with Crippen LogP contribution in [-0.4, -0.2) is 4.21 Å². The van der Waals surface area contributed by atoms with E-state index in [1.165, 1.54) is 12.1 Å². The Balaban J connectivity index is 2.16. The summed E-state index contributed by atoms with van der Waals surface area (Å²) in [6.45, 7) is 0. The molecule has 1 unspecified atom stereocenters. The molecule has 0 aliphatic carbocycles. The number of halogens is 2. The van der Waals surface area contributed by atoms with E-state index in [0.717, 1.165) is 10.0 Å². The summed E-state index contributed by atoms with van der Waals surface area (Å²) in [6, 6.07) is 11.8. The predicted octanol–water partition coefficient (Wildman–Crippen LogP) is 3.48. The van der Waals surface area contributed by atoms with E-state index in [4.69, 9.17) is 5.73 Å². The third-order valence-electron chi connectivity index (χ3n) is 2.45. The van der Waals surface area contributed by atoms with E-state index in [9.17, 15) is 8.60 Å². The van der Waals surface area contributed by atoms with Crippen LogP contribution in [0.25, 0.3) is 0 Å². The Morgan fingerprint density at radius 1 is 1.17 bits per heavy atom. The van der Waals surface area contributed by atoms with Gasteiger partial charge in [0.25, 0.3) is 0 Å². The number of hydrogen-bond acceptors (Lipinski definition) is 2. The highest BCUT2D eigenvalue weighted by atomic mass is 79.9. The molecular weight excluding hydrogens is 317 g/mol. The highest BCUT2D eigenvalue weighted by Gasteiger charge is 2.08. The molecule has 0 radical (unpaired) electrons. The van der Waals surface area contributed by atoms with Gasteiger partial charge >= 0.3 is 0 Å². The van der Waals surface area contributed by atoms with E-state index >= 15 is 0 Å². The summed E-state index contributed by atoms with van der Waals surface area (Å²) in [5.74, 6) is -0.173. The second kappa shape index (κ2) is 5.63. The smallest absolute Gasteiger partial charge is 0.147 e. The van der Waals surface area contributed by atoms with Gasteiger partial charge in [-0.2, -0.15) is 0 Å². The van der Waals surface area contributed by atoms with Gasteiger partial charge in [-0.1, -0.05) is 28.1 Å². The van der Waals surface area contributed by atoms with E-state index in [-0.39, 0.29) is 5.69 Å². The second-order valence-corrected chi connectivity index (χ2v) is 6.17. The van der Waals surface area contributed by atoms with Gasteiger partial charge < -0.3 is 5.73 Å². The molecule has 94 valence electrons. The Bertz CT molecular complexity index is 586. The molecule has 0 bridgehead atoms. The summed E-state index contributed by atoms with van der Waals surface area (Å²) >= 11 is 3.33. The van der Waals surface area contributed by atoms with Crippen LogP contribution in [0.15, 0.2) is 51.8 Å². The molecule has 2 rings (SSSR count). The summed E-state index contributed by atoms with van der Waals surface area (Å²) in [7, 11) is -1.27. The molecule has 2 nitrogen and oxygen atoms in total. The van der Waals surface area contributed by atoms with Crippen LogP contribution in [0.5, 0.6) is 0 Å². The van der Waals surface area contributed by atoms with Gasteiger partial charge in [0.15, 0.2) is 0 Å². The minimum Gasteiger partial charge on any atom is -0.396 e. The average Bonchev–Trinajstić information content (AvgIpc) is 2.35. The molecule has 0 saturated heterocycles. The molecule has 5 heteroatoms. The van der Waals surface area contributed by atoms with Crippen molar-refractivity contribution in [1.82, 2.24) is 0 Å². The number of nitrogen functional groups attached to an aromatic ring is 1. The maximum atomic E-state index is 13.3. The Morgan fingerprint density at radius 2 is 1.83 bits per heavy atom. The molecule has 2 aromatic rings. The van der Waals surface area contributed by atoms with Gasteiger partial charge in [0.1, 0.15) is 5.82 Å². The van der Waals surface area contributed by atoms with Crippen molar-refractivity contribution < 1.29 is 8.60 Å². The first kappa shape index (κ1) is 13.2. The lowest BCUT2D eigenvalue weighted by molar-refractivity contribution is 0.627. The van der Waals surface area contributed by atoms with Gasteiger partial charge in [-0.3, -0.25) is 4.21 Å². The van der Waals surface area contributed by atoms with Gasteiger partial charge in [-0.15, -0.1) is 0 Å². The van der Waals surface area contributed by atoms with Crippen LogP contribution in [0.3, 0.4) is 0 Å². The number of rotatable bonds is 3. The first-order chi connectivity index (χ1) is 8.56. The molecule has 18 heavy (non-hydrogen) atoms. The summed E-state index contributed by atoms with van der Waals surface area (Å²) < 4.78 is 26.3. The molecule has 0 aromatic heterocycles. The van der Waals surface area contributed by atoms with E-state index in [2.05, 4.69) is 15.9 Å². The Morgan fingerprint density at radius 3 is 2.44 bits per heavy atom. The zero-order valence-corrected chi connectivity index (χ0v) is 11.8. The van der Waals surface area contributed by atoms with Crippen LogP contribution in [0.2, 0.25) is 0 Å². The largest absolute Gasteiger partial charge is 0.396 e. The first-order valence-corrected chi connectivity index (χ1v) is 7.35. The van der Waals surface area contributed by atoms with Crippen molar-refractivity contribution in [3.05, 3.63) is 58.3 Å². The van der Waals surface area contributed by atoms with Crippen molar-refractivity contribution in [2.75, 3.05) is 5.73 Å². The summed E-state index contributed by atoms with van der Waals surface area (Å²) in [6.07, 6.45) is 0. The quantitative estimate of drug-likeness (QED) is 0.877. The van der Waals surface area contributed by atoms with Gasteiger partial charge in [0.05, 0.1) is 22.2 Å². The number of benzene rings is 2. The van der Waals surface area contributed by atoms with Crippen LogP contribution in [0.4, 0.5) is 10.1 Å². The molecule has 1 atom stereocenters. The summed E-state index contributed by atoms with van der Waals surface area (Å²) in [5.41, 5.74) is 6.39. The maximum absolute atomic E-state index is 13.3. The van der Waals surface area contributed by atoms with Gasteiger partial charge in [-0.05, 0) is 35.9 Å². The fourth-order valence-corrected chi connectivity index (χ4v) is 2.85. The van der Waals surface area contributed by atoms with E-state index < -0.39 is 16.6 Å². The Kier molecular flexibility index (Phi) is 4.14. The van der Waals surface area contributed by atoms with E-state index in [1.807, 2.05) is 24.3 Å². The molecule has 0 amide bonds. The van der Waals surface area contributed by atoms with Gasteiger partial charge in [-0.25, -0.2) is 4.39 Å². The minimum absolute atomic E-state index is 0.0689. The Labute approximate surface area is 116 Å². The van der Waals surface area contributed by atoms with Crippen molar-refractivity contribution in [1.29, 1.82) is 0 Å². The molecular formula is C13H11BrFNOS. The van der Waals surface area contributed by atoms with Crippen LogP contribution >= 0.6 is 15.9 Å². The lowest BCUT2D eigenvalue weighted by Crippen LogP contribution is -1.98. The number of hydrogen-bond donors (Lipinski definition) is 1. The number of anilines is 1. The topological polar surface area (TPSA) is 43.1 Å². The van der Waals surface area contributed by atoms with Gasteiger partial charge in [0.2, 0.25) is 0 Å². The molecule has 0 fully saturated rings. The molecule has 0 aliphatic heterocycles. The predicted molar refractivity (Wildman–Crippen MR) is 75.1 cm³/mol. The SMILES string of the molecule is Nc1ccc(S(=O)Cc2ccc(Br)cc2)cc1F. The zero-order valence-electron chi connectivity index (χ0n) is 9.40. The number of nitrogens with two attached hydrogens (primary N) is 1. The van der Waals surface area contributed by atoms with Crippen LogP contribution in [0.1, 0.15) is 5.56 Å². The van der Waals surface area contributed by atoms with Crippen molar-refractivity contribution in [2.24, 2.45) is 0 Å². The first-order valence-electron chi connectivity index (χ1n) is 5.24. The van der Waals surface area contributed by atoms with E-state index in [0.29, 0.717) is 10.6 Å². The third-order valence-corrected chi connectivity index (χ3v) is 4.35. The fourth-order valence-electron chi connectivity index (χ4n) is 1.46. The summed E-state index contributed by atoms with van der Waals surface area (Å²) in [4.78, 5) is 0.449. The van der Waals surface area contributed by atoms with Crippen LogP contribution < -0.4 is 5.73 Å². The monoisotopic (exact) mass is 327 g/mol. The highest BCUT2D eigenvalue weighted by molar-refractivity contribution is 9.10. The molecule has 0 saturated carbocycles. The molecule has 2 aromatic carbocycles. The van der Waals surface area contributed by atoms with Crippen LogP contribution in [0, 0.1) is 5.82 Å². The molecule has 2 N–H and O–H groups in total. The summed E-state index contributed by atoms with van der Waals surface area (Å²) in [5, 5.41) is 0. The normalized spacial score (nSPS) is 12.3. The van der Waals surface area contributed by atoms with Crippen molar-refractivity contribution in [2.45, 2.75) is 10.6 Å². The second-order valence-electron chi connectivity index (χ2n) is 3.80.